The Morgan fingerprint density at radius 2 is 1.83 bits per heavy atom. The van der Waals surface area contributed by atoms with Gasteiger partial charge in [0.25, 0.3) is 0 Å². The lowest BCUT2D eigenvalue weighted by atomic mass is 9.81. The van der Waals surface area contributed by atoms with E-state index in [-0.39, 0.29) is 11.8 Å². The maximum Gasteiger partial charge on any atom is 0.240 e. The standard InChI is InChI=1S/C14H16INO2/c1-3-14(4-2)9-12(17)16(13(14)18)11-8-6-5-7-10(11)15/h5-8H,3-4,9H2,1-2H3. The molecule has 1 aliphatic heterocycles. The van der Waals surface area contributed by atoms with E-state index in [0.29, 0.717) is 19.3 Å². The molecule has 1 aromatic rings. The van der Waals surface area contributed by atoms with E-state index in [2.05, 4.69) is 22.6 Å². The van der Waals surface area contributed by atoms with Crippen LogP contribution in [0.15, 0.2) is 24.3 Å². The topological polar surface area (TPSA) is 37.4 Å². The van der Waals surface area contributed by atoms with Crippen molar-refractivity contribution >= 4 is 40.1 Å². The van der Waals surface area contributed by atoms with Crippen molar-refractivity contribution in [1.29, 1.82) is 0 Å². The number of hydrogen-bond donors (Lipinski definition) is 0. The molecular formula is C14H16INO2. The Balaban J connectivity index is 2.45. The van der Waals surface area contributed by atoms with Crippen molar-refractivity contribution in [2.45, 2.75) is 33.1 Å². The molecule has 0 N–H and O–H groups in total. The van der Waals surface area contributed by atoms with Crippen molar-refractivity contribution in [3.8, 4) is 0 Å². The molecule has 1 fully saturated rings. The van der Waals surface area contributed by atoms with Gasteiger partial charge in [0, 0.05) is 9.99 Å². The summed E-state index contributed by atoms with van der Waals surface area (Å²) in [5, 5.41) is 0. The van der Waals surface area contributed by atoms with Crippen molar-refractivity contribution in [2.24, 2.45) is 5.41 Å². The van der Waals surface area contributed by atoms with Gasteiger partial charge in [-0.1, -0.05) is 26.0 Å². The maximum atomic E-state index is 12.6. The smallest absolute Gasteiger partial charge is 0.240 e. The number of anilines is 1. The SMILES string of the molecule is CCC1(CC)CC(=O)N(c2ccccc2I)C1=O. The lowest BCUT2D eigenvalue weighted by Gasteiger charge is -2.24. The van der Waals surface area contributed by atoms with Crippen LogP contribution in [0, 0.1) is 8.99 Å². The number of para-hydroxylation sites is 1. The van der Waals surface area contributed by atoms with Crippen molar-refractivity contribution in [3.63, 3.8) is 0 Å². The average Bonchev–Trinajstić information content (AvgIpc) is 2.62. The highest BCUT2D eigenvalue weighted by molar-refractivity contribution is 14.1. The summed E-state index contributed by atoms with van der Waals surface area (Å²) in [6.07, 6.45) is 1.77. The lowest BCUT2D eigenvalue weighted by Crippen LogP contribution is -2.35. The Hall–Kier alpha value is -0.910. The zero-order valence-corrected chi connectivity index (χ0v) is 12.7. The fraction of sp³-hybridized carbons (Fsp3) is 0.429. The summed E-state index contributed by atoms with van der Waals surface area (Å²) < 4.78 is 0.930. The third kappa shape index (κ3) is 1.96. The molecule has 0 unspecified atom stereocenters. The first-order valence-corrected chi connectivity index (χ1v) is 7.25. The molecule has 0 spiro atoms. The second-order valence-electron chi connectivity index (χ2n) is 4.65. The molecule has 1 aromatic carbocycles. The van der Waals surface area contributed by atoms with Crippen molar-refractivity contribution in [1.82, 2.24) is 0 Å². The molecule has 0 aliphatic carbocycles. The number of carbonyl (C=O) groups is 2. The molecule has 2 rings (SSSR count). The minimum atomic E-state index is -0.490. The van der Waals surface area contributed by atoms with Gasteiger partial charge < -0.3 is 0 Å². The Kier molecular flexibility index (Phi) is 3.75. The third-order valence-corrected chi connectivity index (χ3v) is 4.75. The first kappa shape index (κ1) is 13.5. The quantitative estimate of drug-likeness (QED) is 0.615. The van der Waals surface area contributed by atoms with Crippen molar-refractivity contribution in [2.75, 3.05) is 4.90 Å². The van der Waals surface area contributed by atoms with E-state index in [1.54, 1.807) is 0 Å². The second kappa shape index (κ2) is 4.99. The predicted octanol–water partition coefficient (Wildman–Crippen LogP) is 3.36. The molecule has 4 heteroatoms. The molecule has 0 saturated carbocycles. The highest BCUT2D eigenvalue weighted by Gasteiger charge is 2.49. The molecule has 1 saturated heterocycles. The first-order valence-electron chi connectivity index (χ1n) is 6.17. The first-order chi connectivity index (χ1) is 8.55. The Labute approximate surface area is 121 Å². The van der Waals surface area contributed by atoms with Crippen LogP contribution >= 0.6 is 22.6 Å². The zero-order chi connectivity index (χ0) is 13.3. The van der Waals surface area contributed by atoms with E-state index in [9.17, 15) is 9.59 Å². The molecule has 0 aromatic heterocycles. The van der Waals surface area contributed by atoms with Gasteiger partial charge in [-0.2, -0.15) is 0 Å². The van der Waals surface area contributed by atoms with Crippen LogP contribution in [0.25, 0.3) is 0 Å². The van der Waals surface area contributed by atoms with Crippen LogP contribution in [0.3, 0.4) is 0 Å². The van der Waals surface area contributed by atoms with E-state index in [1.807, 2.05) is 38.1 Å². The Morgan fingerprint density at radius 1 is 1.22 bits per heavy atom. The number of imide groups is 1. The summed E-state index contributed by atoms with van der Waals surface area (Å²) in [6.45, 7) is 3.96. The number of rotatable bonds is 3. The van der Waals surface area contributed by atoms with Crippen molar-refractivity contribution in [3.05, 3.63) is 27.8 Å². The number of carbonyl (C=O) groups excluding carboxylic acids is 2. The summed E-state index contributed by atoms with van der Waals surface area (Å²) in [5.74, 6) is -0.116. The van der Waals surface area contributed by atoms with E-state index in [4.69, 9.17) is 0 Å². The van der Waals surface area contributed by atoms with Gasteiger partial charge in [-0.3, -0.25) is 9.59 Å². The summed E-state index contributed by atoms with van der Waals surface area (Å²) in [6, 6.07) is 7.51. The van der Waals surface area contributed by atoms with Gasteiger partial charge in [0.2, 0.25) is 11.8 Å². The Bertz CT molecular complexity index is 494. The molecule has 0 atom stereocenters. The summed E-state index contributed by atoms with van der Waals surface area (Å²) >= 11 is 2.16. The molecule has 18 heavy (non-hydrogen) atoms. The molecule has 2 amide bonds. The van der Waals surface area contributed by atoms with Gasteiger partial charge >= 0.3 is 0 Å². The van der Waals surface area contributed by atoms with Gasteiger partial charge in [-0.15, -0.1) is 0 Å². The fourth-order valence-electron chi connectivity index (χ4n) is 2.47. The second-order valence-corrected chi connectivity index (χ2v) is 5.81. The number of amides is 2. The molecular weight excluding hydrogens is 341 g/mol. The molecule has 1 heterocycles. The van der Waals surface area contributed by atoms with E-state index >= 15 is 0 Å². The Morgan fingerprint density at radius 3 is 2.33 bits per heavy atom. The molecule has 0 bridgehead atoms. The van der Waals surface area contributed by atoms with Gasteiger partial charge in [0.05, 0.1) is 11.1 Å². The highest BCUT2D eigenvalue weighted by Crippen LogP contribution is 2.42. The predicted molar refractivity (Wildman–Crippen MR) is 79.3 cm³/mol. The van der Waals surface area contributed by atoms with Gasteiger partial charge in [-0.25, -0.2) is 4.90 Å². The van der Waals surface area contributed by atoms with E-state index in [0.717, 1.165) is 9.26 Å². The van der Waals surface area contributed by atoms with Gasteiger partial charge in [0.15, 0.2) is 0 Å². The van der Waals surface area contributed by atoms with Crippen LogP contribution in [0.2, 0.25) is 0 Å². The molecule has 0 radical (unpaired) electrons. The minimum Gasteiger partial charge on any atom is -0.274 e. The van der Waals surface area contributed by atoms with Crippen LogP contribution < -0.4 is 4.90 Å². The van der Waals surface area contributed by atoms with Crippen LogP contribution in [0.4, 0.5) is 5.69 Å². The number of benzene rings is 1. The van der Waals surface area contributed by atoms with Crippen LogP contribution in [-0.2, 0) is 9.59 Å². The molecule has 1 aliphatic rings. The molecule has 96 valence electrons. The minimum absolute atomic E-state index is 0.0402. The number of halogens is 1. The van der Waals surface area contributed by atoms with Crippen molar-refractivity contribution < 1.29 is 9.59 Å². The summed E-state index contributed by atoms with van der Waals surface area (Å²) in [5.41, 5.74) is 0.229. The highest BCUT2D eigenvalue weighted by atomic mass is 127. The monoisotopic (exact) mass is 357 g/mol. The normalized spacial score (nSPS) is 18.5. The maximum absolute atomic E-state index is 12.6. The largest absolute Gasteiger partial charge is 0.274 e. The third-order valence-electron chi connectivity index (χ3n) is 3.84. The van der Waals surface area contributed by atoms with Gasteiger partial charge in [-0.05, 0) is 47.6 Å². The van der Waals surface area contributed by atoms with Crippen LogP contribution in [0.1, 0.15) is 33.1 Å². The molecule has 3 nitrogen and oxygen atoms in total. The zero-order valence-electron chi connectivity index (χ0n) is 10.6. The van der Waals surface area contributed by atoms with Gasteiger partial charge in [0.1, 0.15) is 0 Å². The fourth-order valence-corrected chi connectivity index (χ4v) is 3.10. The van der Waals surface area contributed by atoms with E-state index < -0.39 is 5.41 Å². The van der Waals surface area contributed by atoms with Crippen LogP contribution in [-0.4, -0.2) is 11.8 Å². The summed E-state index contributed by atoms with van der Waals surface area (Å²) in [4.78, 5) is 26.1. The van der Waals surface area contributed by atoms with Crippen LogP contribution in [0.5, 0.6) is 0 Å². The van der Waals surface area contributed by atoms with E-state index in [1.165, 1.54) is 4.90 Å². The average molecular weight is 357 g/mol. The number of nitrogens with zero attached hydrogens (tertiary/aromatic N) is 1. The summed E-state index contributed by atoms with van der Waals surface area (Å²) in [7, 11) is 0. The lowest BCUT2D eigenvalue weighted by molar-refractivity contribution is -0.126. The number of hydrogen-bond acceptors (Lipinski definition) is 2.